The molecule has 1 N–H and O–H groups in total. The second-order valence-corrected chi connectivity index (χ2v) is 9.72. The number of amides is 3. The van der Waals surface area contributed by atoms with E-state index in [-0.39, 0.29) is 25.3 Å². The third-order valence-electron chi connectivity index (χ3n) is 5.87. The van der Waals surface area contributed by atoms with E-state index in [0.29, 0.717) is 35.1 Å². The molecule has 0 fully saturated rings. The van der Waals surface area contributed by atoms with Gasteiger partial charge in [-0.1, -0.05) is 6.07 Å². The van der Waals surface area contributed by atoms with E-state index in [9.17, 15) is 9.59 Å². The molecule has 0 saturated heterocycles. The molecule has 0 spiro atoms. The van der Waals surface area contributed by atoms with Gasteiger partial charge in [0.25, 0.3) is 5.91 Å². The quantitative estimate of drug-likeness (QED) is 0.656. The lowest BCUT2D eigenvalue weighted by atomic mass is 9.97. The smallest absolute Gasteiger partial charge is 0.318 e. The molecular formula is C26H32N4O6. The van der Waals surface area contributed by atoms with Gasteiger partial charge in [0.1, 0.15) is 18.0 Å². The van der Waals surface area contributed by atoms with Crippen LogP contribution in [-0.4, -0.2) is 67.7 Å². The number of carbonyl (C=O) groups excluding carboxylic acids is 2. The number of hydrogen-bond acceptors (Lipinski definition) is 7. The topological polar surface area (TPSA) is 102 Å². The SMILES string of the molecule is COc1ccc(C2=NN(C(=O)CN(C)C(=O)NC(C)(C)C)[C@@H](c3ccc4c(c3)OCO4)C2)c(OC)c1. The Morgan fingerprint density at radius 3 is 2.56 bits per heavy atom. The molecule has 0 aromatic heterocycles. The van der Waals surface area contributed by atoms with Crippen molar-refractivity contribution >= 4 is 17.6 Å². The van der Waals surface area contributed by atoms with Crippen LogP contribution in [-0.2, 0) is 4.79 Å². The average molecular weight is 497 g/mol. The fraction of sp³-hybridized carbons (Fsp3) is 0.423. The molecule has 2 aliphatic heterocycles. The van der Waals surface area contributed by atoms with E-state index >= 15 is 0 Å². The van der Waals surface area contributed by atoms with Gasteiger partial charge in [-0.25, -0.2) is 9.80 Å². The van der Waals surface area contributed by atoms with Gasteiger partial charge < -0.3 is 29.2 Å². The molecule has 0 aliphatic carbocycles. The third kappa shape index (κ3) is 5.32. The fourth-order valence-electron chi connectivity index (χ4n) is 4.08. The van der Waals surface area contributed by atoms with E-state index in [4.69, 9.17) is 24.0 Å². The lowest BCUT2D eigenvalue weighted by molar-refractivity contribution is -0.133. The van der Waals surface area contributed by atoms with Gasteiger partial charge in [-0.15, -0.1) is 0 Å². The van der Waals surface area contributed by atoms with Gasteiger partial charge in [0.05, 0.1) is 26.0 Å². The first-order valence-corrected chi connectivity index (χ1v) is 11.6. The van der Waals surface area contributed by atoms with Crippen molar-refractivity contribution in [3.8, 4) is 23.0 Å². The number of rotatable bonds is 6. The van der Waals surface area contributed by atoms with Crippen LogP contribution < -0.4 is 24.3 Å². The summed E-state index contributed by atoms with van der Waals surface area (Å²) in [7, 11) is 4.75. The van der Waals surface area contributed by atoms with E-state index in [0.717, 1.165) is 11.1 Å². The molecular weight excluding hydrogens is 464 g/mol. The highest BCUT2D eigenvalue weighted by Crippen LogP contribution is 2.40. The number of hydrazone groups is 1. The van der Waals surface area contributed by atoms with E-state index < -0.39 is 11.6 Å². The van der Waals surface area contributed by atoms with Crippen molar-refractivity contribution in [1.82, 2.24) is 15.2 Å². The first-order valence-electron chi connectivity index (χ1n) is 11.6. The Hall–Kier alpha value is -3.95. The second-order valence-electron chi connectivity index (χ2n) is 9.72. The zero-order chi connectivity index (χ0) is 26.0. The summed E-state index contributed by atoms with van der Waals surface area (Å²) in [6.07, 6.45) is 0.450. The number of likely N-dealkylation sites (N-methyl/N-ethyl adjacent to an activating group) is 1. The van der Waals surface area contributed by atoms with Gasteiger partial charge in [0.15, 0.2) is 11.5 Å². The summed E-state index contributed by atoms with van der Waals surface area (Å²) in [5, 5.41) is 9.02. The Morgan fingerprint density at radius 2 is 1.86 bits per heavy atom. The summed E-state index contributed by atoms with van der Waals surface area (Å²) in [5.41, 5.74) is 1.87. The first-order chi connectivity index (χ1) is 17.1. The third-order valence-corrected chi connectivity index (χ3v) is 5.87. The molecule has 0 unspecified atom stereocenters. The normalized spacial score (nSPS) is 16.4. The van der Waals surface area contributed by atoms with Gasteiger partial charge in [-0.3, -0.25) is 4.79 Å². The highest BCUT2D eigenvalue weighted by Gasteiger charge is 2.36. The number of nitrogens with zero attached hydrogens (tertiary/aromatic N) is 3. The minimum absolute atomic E-state index is 0.139. The summed E-state index contributed by atoms with van der Waals surface area (Å²) in [4.78, 5) is 27.4. The molecule has 2 heterocycles. The largest absolute Gasteiger partial charge is 0.497 e. The monoisotopic (exact) mass is 496 g/mol. The molecule has 36 heavy (non-hydrogen) atoms. The molecule has 3 amide bonds. The number of nitrogens with one attached hydrogen (secondary N) is 1. The molecule has 2 aromatic carbocycles. The van der Waals surface area contributed by atoms with E-state index in [1.165, 1.54) is 9.91 Å². The molecule has 2 aliphatic rings. The van der Waals surface area contributed by atoms with Crippen LogP contribution in [0.2, 0.25) is 0 Å². The minimum Gasteiger partial charge on any atom is -0.497 e. The molecule has 0 bridgehead atoms. The van der Waals surface area contributed by atoms with Crippen LogP contribution in [0.4, 0.5) is 4.79 Å². The standard InChI is InChI=1S/C26H32N4O6/c1-26(2,3)27-25(32)29(4)14-24(31)30-20(16-7-10-21-23(11-16)36-15-35-21)13-19(28-30)18-9-8-17(33-5)12-22(18)34-6/h7-12,20H,13-15H2,1-6H3,(H,27,32)/t20-/m1/s1. The molecule has 1 atom stereocenters. The molecule has 10 heteroatoms. The summed E-state index contributed by atoms with van der Waals surface area (Å²) < 4.78 is 21.9. The number of ether oxygens (including phenoxy) is 4. The van der Waals surface area contributed by atoms with Crippen LogP contribution in [0.5, 0.6) is 23.0 Å². The molecule has 0 saturated carbocycles. The number of methoxy groups -OCH3 is 2. The van der Waals surface area contributed by atoms with Crippen LogP contribution in [0.25, 0.3) is 0 Å². The van der Waals surface area contributed by atoms with Crippen LogP contribution >= 0.6 is 0 Å². The van der Waals surface area contributed by atoms with Crippen molar-refractivity contribution < 1.29 is 28.5 Å². The summed E-state index contributed by atoms with van der Waals surface area (Å²) in [6, 6.07) is 10.3. The fourth-order valence-corrected chi connectivity index (χ4v) is 4.08. The average Bonchev–Trinajstić information content (AvgIpc) is 3.49. The van der Waals surface area contributed by atoms with Crippen LogP contribution in [0.3, 0.4) is 0 Å². The minimum atomic E-state index is -0.423. The van der Waals surface area contributed by atoms with Gasteiger partial charge in [0, 0.05) is 30.6 Å². The van der Waals surface area contributed by atoms with E-state index in [2.05, 4.69) is 5.32 Å². The Bertz CT molecular complexity index is 1190. The van der Waals surface area contributed by atoms with E-state index in [1.807, 2.05) is 51.1 Å². The summed E-state index contributed by atoms with van der Waals surface area (Å²) in [5.74, 6) is 2.21. The van der Waals surface area contributed by atoms with Crippen molar-refractivity contribution in [3.05, 3.63) is 47.5 Å². The van der Waals surface area contributed by atoms with Gasteiger partial charge >= 0.3 is 6.03 Å². The van der Waals surface area contributed by atoms with Crippen molar-refractivity contribution in [2.75, 3.05) is 34.6 Å². The zero-order valence-corrected chi connectivity index (χ0v) is 21.5. The molecule has 192 valence electrons. The van der Waals surface area contributed by atoms with Crippen LogP contribution in [0.1, 0.15) is 44.4 Å². The summed E-state index contributed by atoms with van der Waals surface area (Å²) in [6.45, 7) is 5.67. The van der Waals surface area contributed by atoms with Crippen molar-refractivity contribution in [2.45, 2.75) is 38.8 Å². The lowest BCUT2D eigenvalue weighted by Gasteiger charge is -2.28. The number of fused-ring (bicyclic) bond motifs is 1. The highest BCUT2D eigenvalue weighted by atomic mass is 16.7. The van der Waals surface area contributed by atoms with Crippen LogP contribution in [0, 0.1) is 0 Å². The summed E-state index contributed by atoms with van der Waals surface area (Å²) >= 11 is 0. The van der Waals surface area contributed by atoms with Gasteiger partial charge in [-0.2, -0.15) is 5.10 Å². The zero-order valence-electron chi connectivity index (χ0n) is 21.5. The Balaban J connectivity index is 1.65. The Kier molecular flexibility index (Phi) is 6.96. The predicted octanol–water partition coefficient (Wildman–Crippen LogP) is 3.55. The molecule has 2 aromatic rings. The Morgan fingerprint density at radius 1 is 1.11 bits per heavy atom. The maximum Gasteiger partial charge on any atom is 0.318 e. The molecule has 10 nitrogen and oxygen atoms in total. The van der Waals surface area contributed by atoms with Crippen molar-refractivity contribution in [2.24, 2.45) is 5.10 Å². The number of benzene rings is 2. The maximum absolute atomic E-state index is 13.5. The molecule has 4 rings (SSSR count). The lowest BCUT2D eigenvalue weighted by Crippen LogP contribution is -2.49. The number of hydrogen-bond donors (Lipinski definition) is 1. The van der Waals surface area contributed by atoms with Gasteiger partial charge in [-0.05, 0) is 50.6 Å². The first kappa shape index (κ1) is 25.2. The predicted molar refractivity (Wildman–Crippen MR) is 134 cm³/mol. The highest BCUT2D eigenvalue weighted by molar-refractivity contribution is 6.05. The second kappa shape index (κ2) is 9.96. The number of carbonyl (C=O) groups is 2. The van der Waals surface area contributed by atoms with E-state index in [1.54, 1.807) is 27.3 Å². The van der Waals surface area contributed by atoms with Crippen molar-refractivity contribution in [3.63, 3.8) is 0 Å². The number of urea groups is 1. The molecule has 0 radical (unpaired) electrons. The maximum atomic E-state index is 13.5. The van der Waals surface area contributed by atoms with Crippen molar-refractivity contribution in [1.29, 1.82) is 0 Å². The Labute approximate surface area is 210 Å². The van der Waals surface area contributed by atoms with Gasteiger partial charge in [0.2, 0.25) is 6.79 Å². The van der Waals surface area contributed by atoms with Crippen LogP contribution in [0.15, 0.2) is 41.5 Å².